The summed E-state index contributed by atoms with van der Waals surface area (Å²) in [6.45, 7) is 6.81. The van der Waals surface area contributed by atoms with Gasteiger partial charge >= 0.3 is 0 Å². The first kappa shape index (κ1) is 25.3. The molecule has 1 fully saturated rings. The van der Waals surface area contributed by atoms with Gasteiger partial charge in [-0.25, -0.2) is 28.7 Å². The van der Waals surface area contributed by atoms with E-state index in [1.165, 1.54) is 6.07 Å². The molecule has 1 amide bonds. The maximum absolute atomic E-state index is 15.3. The fraction of sp³-hybridized carbons (Fsp3) is 0.370. The summed E-state index contributed by atoms with van der Waals surface area (Å²) in [5.41, 5.74) is 1.77. The Morgan fingerprint density at radius 3 is 2.64 bits per heavy atom. The number of rotatable bonds is 6. The van der Waals surface area contributed by atoms with Gasteiger partial charge in [-0.1, -0.05) is 6.92 Å². The molecule has 2 aliphatic rings. The van der Waals surface area contributed by atoms with E-state index in [0.29, 0.717) is 29.4 Å². The highest BCUT2D eigenvalue weighted by atomic mass is 19.1. The summed E-state index contributed by atoms with van der Waals surface area (Å²) in [6, 6.07) is 4.62. The molecule has 3 aromatic heterocycles. The maximum atomic E-state index is 15.3. The number of imidazole rings is 1. The summed E-state index contributed by atoms with van der Waals surface area (Å²) in [6.07, 6.45) is 4.39. The molecule has 1 aliphatic carbocycles. The Morgan fingerprint density at radius 1 is 1.03 bits per heavy atom. The number of likely N-dealkylation sites (N-methyl/N-ethyl adjacent to an activating group) is 1. The first-order valence-corrected chi connectivity index (χ1v) is 13.1. The molecule has 0 atom stereocenters. The van der Waals surface area contributed by atoms with Gasteiger partial charge in [-0.3, -0.25) is 4.79 Å². The molecule has 4 aromatic rings. The molecular formula is C27H29F2N9O. The van der Waals surface area contributed by atoms with Gasteiger partial charge < -0.3 is 25.8 Å². The van der Waals surface area contributed by atoms with Crippen LogP contribution in [-0.2, 0) is 16.9 Å². The molecule has 0 unspecified atom stereocenters. The zero-order valence-electron chi connectivity index (χ0n) is 21.7. The van der Waals surface area contributed by atoms with Crippen molar-refractivity contribution in [1.82, 2.24) is 35.1 Å². The molecule has 1 aromatic carbocycles. The Kier molecular flexibility index (Phi) is 6.43. The van der Waals surface area contributed by atoms with Gasteiger partial charge in [-0.15, -0.1) is 0 Å². The molecule has 4 N–H and O–H groups in total. The van der Waals surface area contributed by atoms with Gasteiger partial charge in [-0.05, 0) is 38.4 Å². The van der Waals surface area contributed by atoms with Crippen LogP contribution >= 0.6 is 0 Å². The van der Waals surface area contributed by atoms with Crippen molar-refractivity contribution < 1.29 is 13.6 Å². The summed E-state index contributed by atoms with van der Waals surface area (Å²) in [5, 5.41) is 12.7. The third-order valence-corrected chi connectivity index (χ3v) is 7.23. The Bertz CT molecular complexity index is 1580. The smallest absolute Gasteiger partial charge is 0.229 e. The highest BCUT2D eigenvalue weighted by Gasteiger charge is 2.48. The largest absolute Gasteiger partial charge is 0.326 e. The SMILES string of the molecule is CCNCCNCc1cnc2cc1NC(=O)CC1(CC1)n1c(C)nc3c(F)cc(cc31)-c1nc(ncc1F)N2. The van der Waals surface area contributed by atoms with Crippen molar-refractivity contribution in [2.24, 2.45) is 0 Å². The lowest BCUT2D eigenvalue weighted by atomic mass is 10.1. The van der Waals surface area contributed by atoms with Crippen molar-refractivity contribution in [3.05, 3.63) is 53.6 Å². The fourth-order valence-corrected chi connectivity index (χ4v) is 5.23. The van der Waals surface area contributed by atoms with E-state index in [-0.39, 0.29) is 35.1 Å². The number of amides is 1. The van der Waals surface area contributed by atoms with Gasteiger partial charge in [0.1, 0.15) is 22.9 Å². The molecule has 1 saturated carbocycles. The van der Waals surface area contributed by atoms with E-state index in [4.69, 9.17) is 0 Å². The van der Waals surface area contributed by atoms with Crippen molar-refractivity contribution in [1.29, 1.82) is 0 Å². The Morgan fingerprint density at radius 2 is 1.85 bits per heavy atom. The second-order valence-electron chi connectivity index (χ2n) is 10.0. The number of benzene rings is 1. The monoisotopic (exact) mass is 533 g/mol. The Hall–Kier alpha value is -4.03. The summed E-state index contributed by atoms with van der Waals surface area (Å²) < 4.78 is 32.1. The number of fused-ring (bicyclic) bond motifs is 7. The lowest BCUT2D eigenvalue weighted by molar-refractivity contribution is -0.117. The molecule has 10 nitrogen and oxygen atoms in total. The van der Waals surface area contributed by atoms with Gasteiger partial charge in [-0.2, -0.15) is 0 Å². The zero-order valence-corrected chi connectivity index (χ0v) is 21.7. The van der Waals surface area contributed by atoms with Crippen molar-refractivity contribution in [3.63, 3.8) is 0 Å². The van der Waals surface area contributed by atoms with Crippen LogP contribution in [0.25, 0.3) is 22.3 Å². The molecule has 6 rings (SSSR count). The third kappa shape index (κ3) is 4.81. The molecule has 0 saturated heterocycles. The second-order valence-corrected chi connectivity index (χ2v) is 10.0. The summed E-state index contributed by atoms with van der Waals surface area (Å²) in [5.74, 6) is -0.375. The summed E-state index contributed by atoms with van der Waals surface area (Å²) in [4.78, 5) is 30.7. The van der Waals surface area contributed by atoms with Crippen LogP contribution in [-0.4, -0.2) is 50.0 Å². The van der Waals surface area contributed by atoms with Crippen LogP contribution in [0.3, 0.4) is 0 Å². The number of carbonyl (C=O) groups excluding carboxylic acids is 1. The van der Waals surface area contributed by atoms with E-state index in [1.54, 1.807) is 25.3 Å². The maximum Gasteiger partial charge on any atom is 0.229 e. The minimum atomic E-state index is -0.683. The van der Waals surface area contributed by atoms with E-state index in [1.807, 2.05) is 11.5 Å². The van der Waals surface area contributed by atoms with E-state index >= 15 is 4.39 Å². The van der Waals surface area contributed by atoms with Crippen LogP contribution in [0, 0.1) is 18.6 Å². The predicted octanol–water partition coefficient (Wildman–Crippen LogP) is 3.75. The molecule has 4 heterocycles. The predicted molar refractivity (Wildman–Crippen MR) is 144 cm³/mol. The quantitative estimate of drug-likeness (QED) is 0.277. The first-order chi connectivity index (χ1) is 18.9. The highest BCUT2D eigenvalue weighted by Crippen LogP contribution is 2.49. The molecule has 202 valence electrons. The van der Waals surface area contributed by atoms with Gasteiger partial charge in [0.2, 0.25) is 11.9 Å². The molecule has 0 radical (unpaired) electrons. The number of hydrogen-bond donors (Lipinski definition) is 4. The average Bonchev–Trinajstić information content (AvgIpc) is 3.57. The lowest BCUT2D eigenvalue weighted by Crippen LogP contribution is -2.28. The first-order valence-electron chi connectivity index (χ1n) is 13.1. The summed E-state index contributed by atoms with van der Waals surface area (Å²) >= 11 is 0. The van der Waals surface area contributed by atoms with Crippen molar-refractivity contribution in [3.8, 4) is 11.3 Å². The van der Waals surface area contributed by atoms with E-state index in [9.17, 15) is 9.18 Å². The van der Waals surface area contributed by atoms with Crippen molar-refractivity contribution in [2.75, 3.05) is 30.3 Å². The van der Waals surface area contributed by atoms with Crippen molar-refractivity contribution in [2.45, 2.75) is 45.2 Å². The number of carbonyl (C=O) groups is 1. The van der Waals surface area contributed by atoms with Crippen LogP contribution in [0.4, 0.5) is 26.2 Å². The minimum Gasteiger partial charge on any atom is -0.326 e. The normalized spacial score (nSPS) is 15.6. The van der Waals surface area contributed by atoms with Crippen LogP contribution in [0.1, 0.15) is 37.6 Å². The number of aromatic nitrogens is 5. The van der Waals surface area contributed by atoms with Crippen molar-refractivity contribution >= 4 is 34.4 Å². The van der Waals surface area contributed by atoms with Crippen LogP contribution in [0.2, 0.25) is 0 Å². The van der Waals surface area contributed by atoms with Gasteiger partial charge in [0.15, 0.2) is 11.6 Å². The number of halogens is 2. The zero-order chi connectivity index (χ0) is 27.1. The number of aryl methyl sites for hydroxylation is 1. The van der Waals surface area contributed by atoms with Gasteiger partial charge in [0.05, 0.1) is 29.4 Å². The number of nitrogens with zero attached hydrogens (tertiary/aromatic N) is 5. The van der Waals surface area contributed by atoms with Crippen LogP contribution in [0.15, 0.2) is 30.6 Å². The third-order valence-electron chi connectivity index (χ3n) is 7.23. The summed E-state index contributed by atoms with van der Waals surface area (Å²) in [7, 11) is 0. The molecule has 39 heavy (non-hydrogen) atoms. The lowest BCUT2D eigenvalue weighted by Gasteiger charge is -2.21. The second kappa shape index (κ2) is 9.93. The molecule has 1 spiro atoms. The molecule has 1 aliphatic heterocycles. The molecule has 6 bridgehead atoms. The fourth-order valence-electron chi connectivity index (χ4n) is 5.23. The van der Waals surface area contributed by atoms with E-state index in [0.717, 1.165) is 44.2 Å². The minimum absolute atomic E-state index is 0.0469. The number of nitrogens with one attached hydrogen (secondary N) is 4. The van der Waals surface area contributed by atoms with Gasteiger partial charge in [0.25, 0.3) is 0 Å². The average molecular weight is 534 g/mol. The number of pyridine rings is 1. The molecular weight excluding hydrogens is 504 g/mol. The van der Waals surface area contributed by atoms with E-state index < -0.39 is 17.2 Å². The number of anilines is 3. The topological polar surface area (TPSA) is 122 Å². The standard InChI is InChI=1S/C27H29F2N9O/c1-3-30-6-7-31-12-17-13-32-22-10-20(17)35-23(39)11-27(4-5-27)38-15(2)34-25-18(28)8-16(9-21(25)38)24-19(29)14-33-26(36-22)37-24/h8-10,13-14,30-31H,3-7,11-12H2,1-2H3,(H,35,39)(H,32,33,36,37). The number of hydrogen-bond acceptors (Lipinski definition) is 8. The molecule has 12 heteroatoms. The van der Waals surface area contributed by atoms with Crippen LogP contribution < -0.4 is 21.3 Å². The van der Waals surface area contributed by atoms with Gasteiger partial charge in [0, 0.05) is 43.0 Å². The van der Waals surface area contributed by atoms with Crippen LogP contribution in [0.5, 0.6) is 0 Å². The Labute approximate surface area is 223 Å². The highest BCUT2D eigenvalue weighted by molar-refractivity contribution is 5.93. The Balaban J connectivity index is 1.45. The van der Waals surface area contributed by atoms with E-state index in [2.05, 4.69) is 41.2 Å².